The lowest BCUT2D eigenvalue weighted by molar-refractivity contribution is -0.0592. The van der Waals surface area contributed by atoms with Crippen molar-refractivity contribution in [3.05, 3.63) is 77.0 Å². The number of piperidine rings is 1. The molecule has 1 N–H and O–H groups in total. The van der Waals surface area contributed by atoms with Gasteiger partial charge in [0.2, 0.25) is 5.88 Å². The Morgan fingerprint density at radius 1 is 1.14 bits per heavy atom. The SMILES string of the molecule is N#Cc1cc(F)ccc1OCc1nccc(OC2CCN(Cc3nc4c(F)cc(C(=O)O)cc4n3C[C@@H]3CCO3)CC2)n1. The summed E-state index contributed by atoms with van der Waals surface area (Å²) in [5, 5.41) is 18.6. The van der Waals surface area contributed by atoms with Gasteiger partial charge in [-0.3, -0.25) is 4.90 Å². The highest BCUT2D eigenvalue weighted by atomic mass is 19.1. The van der Waals surface area contributed by atoms with Crippen LogP contribution >= 0.6 is 0 Å². The van der Waals surface area contributed by atoms with E-state index >= 15 is 0 Å². The minimum absolute atomic E-state index is 0.0147. The monoisotopic (exact) mass is 590 g/mol. The normalized spacial score (nSPS) is 17.4. The molecule has 2 aliphatic rings. The predicted molar refractivity (Wildman–Crippen MR) is 147 cm³/mol. The number of hydrogen-bond acceptors (Lipinski definition) is 9. The van der Waals surface area contributed by atoms with Gasteiger partial charge >= 0.3 is 5.97 Å². The fourth-order valence-electron chi connectivity index (χ4n) is 5.24. The Hall–Kier alpha value is -4.67. The van der Waals surface area contributed by atoms with Gasteiger partial charge in [0, 0.05) is 32.0 Å². The van der Waals surface area contributed by atoms with Crippen molar-refractivity contribution in [2.24, 2.45) is 0 Å². The van der Waals surface area contributed by atoms with Crippen molar-refractivity contribution in [1.82, 2.24) is 24.4 Å². The summed E-state index contributed by atoms with van der Waals surface area (Å²) in [7, 11) is 0. The molecule has 0 amide bonds. The van der Waals surface area contributed by atoms with E-state index < -0.39 is 17.6 Å². The largest absolute Gasteiger partial charge is 0.484 e. The quantitative estimate of drug-likeness (QED) is 0.288. The minimum Gasteiger partial charge on any atom is -0.484 e. The van der Waals surface area contributed by atoms with Gasteiger partial charge in [0.05, 0.1) is 35.8 Å². The summed E-state index contributed by atoms with van der Waals surface area (Å²) < 4.78 is 47.5. The van der Waals surface area contributed by atoms with Crippen molar-refractivity contribution in [3.63, 3.8) is 0 Å². The molecule has 4 aromatic rings. The van der Waals surface area contributed by atoms with Crippen molar-refractivity contribution in [1.29, 1.82) is 5.26 Å². The van der Waals surface area contributed by atoms with Crippen LogP contribution in [0.1, 0.15) is 46.8 Å². The van der Waals surface area contributed by atoms with E-state index in [0.29, 0.717) is 55.8 Å². The van der Waals surface area contributed by atoms with Crippen LogP contribution in [0.2, 0.25) is 0 Å². The second-order valence-electron chi connectivity index (χ2n) is 10.5. The molecule has 0 aliphatic carbocycles. The molecule has 4 heterocycles. The van der Waals surface area contributed by atoms with Crippen molar-refractivity contribution in [2.45, 2.75) is 51.2 Å². The molecular formula is C30H28F2N6O5. The number of hydrogen-bond donors (Lipinski definition) is 1. The van der Waals surface area contributed by atoms with E-state index in [-0.39, 0.29) is 41.2 Å². The van der Waals surface area contributed by atoms with Gasteiger partial charge in [-0.2, -0.15) is 10.2 Å². The number of nitrogens with zero attached hydrogens (tertiary/aromatic N) is 6. The molecule has 1 atom stereocenters. The van der Waals surface area contributed by atoms with E-state index in [1.807, 2.05) is 10.6 Å². The molecule has 2 fully saturated rings. The van der Waals surface area contributed by atoms with Crippen LogP contribution in [0.4, 0.5) is 8.78 Å². The van der Waals surface area contributed by atoms with Gasteiger partial charge in [-0.1, -0.05) is 0 Å². The minimum atomic E-state index is -1.19. The van der Waals surface area contributed by atoms with E-state index in [0.717, 1.165) is 31.4 Å². The van der Waals surface area contributed by atoms with Crippen LogP contribution in [0, 0.1) is 23.0 Å². The Balaban J connectivity index is 1.08. The number of carbonyl (C=O) groups is 1. The third-order valence-corrected chi connectivity index (χ3v) is 7.60. The zero-order chi connectivity index (χ0) is 29.9. The topological polar surface area (TPSA) is 136 Å². The summed E-state index contributed by atoms with van der Waals surface area (Å²) in [4.78, 5) is 26.9. The fraction of sp³-hybridized carbons (Fsp3) is 0.367. The van der Waals surface area contributed by atoms with Crippen molar-refractivity contribution in [3.8, 4) is 17.7 Å². The van der Waals surface area contributed by atoms with Gasteiger partial charge in [0.1, 0.15) is 41.7 Å². The molecule has 0 spiro atoms. The Morgan fingerprint density at radius 2 is 1.95 bits per heavy atom. The van der Waals surface area contributed by atoms with Gasteiger partial charge in [-0.05, 0) is 49.6 Å². The molecule has 0 saturated carbocycles. The maximum absolute atomic E-state index is 14.8. The number of carboxylic acids is 1. The van der Waals surface area contributed by atoms with Crippen LogP contribution in [0.15, 0.2) is 42.6 Å². The van der Waals surface area contributed by atoms with Crippen molar-refractivity contribution < 1.29 is 32.9 Å². The van der Waals surface area contributed by atoms with Gasteiger partial charge in [-0.25, -0.2) is 23.5 Å². The van der Waals surface area contributed by atoms with Crippen molar-refractivity contribution in [2.75, 3.05) is 19.7 Å². The highest BCUT2D eigenvalue weighted by Crippen LogP contribution is 2.27. The van der Waals surface area contributed by atoms with E-state index in [1.165, 1.54) is 18.2 Å². The third kappa shape index (κ3) is 6.40. The molecule has 13 heteroatoms. The van der Waals surface area contributed by atoms with Gasteiger partial charge in [0.15, 0.2) is 11.6 Å². The number of ether oxygens (including phenoxy) is 3. The Bertz CT molecular complexity index is 1690. The number of fused-ring (bicyclic) bond motifs is 1. The number of aromatic nitrogens is 4. The third-order valence-electron chi connectivity index (χ3n) is 7.60. The summed E-state index contributed by atoms with van der Waals surface area (Å²) in [5.41, 5.74) is 0.575. The number of likely N-dealkylation sites (tertiary alicyclic amines) is 1. The number of imidazole rings is 1. The molecule has 0 bridgehead atoms. The Morgan fingerprint density at radius 3 is 2.67 bits per heavy atom. The van der Waals surface area contributed by atoms with Crippen LogP contribution in [-0.4, -0.2) is 67.4 Å². The molecule has 0 unspecified atom stereocenters. The lowest BCUT2D eigenvalue weighted by Gasteiger charge is -2.32. The first-order valence-electron chi connectivity index (χ1n) is 13.9. The fourth-order valence-corrected chi connectivity index (χ4v) is 5.24. The second kappa shape index (κ2) is 12.3. The van der Waals surface area contributed by atoms with Crippen LogP contribution < -0.4 is 9.47 Å². The zero-order valence-corrected chi connectivity index (χ0v) is 23.1. The number of halogens is 2. The zero-order valence-electron chi connectivity index (χ0n) is 23.1. The first kappa shape index (κ1) is 28.4. The van der Waals surface area contributed by atoms with Gasteiger partial charge in [0.25, 0.3) is 0 Å². The van der Waals surface area contributed by atoms with E-state index in [9.17, 15) is 23.9 Å². The van der Waals surface area contributed by atoms with E-state index in [2.05, 4.69) is 19.9 Å². The average Bonchev–Trinajstić information content (AvgIpc) is 3.32. The Labute approximate surface area is 245 Å². The summed E-state index contributed by atoms with van der Waals surface area (Å²) in [6.07, 6.45) is 3.80. The van der Waals surface area contributed by atoms with E-state index in [1.54, 1.807) is 12.3 Å². The first-order chi connectivity index (χ1) is 20.9. The molecule has 222 valence electrons. The lowest BCUT2D eigenvalue weighted by atomic mass is 10.1. The summed E-state index contributed by atoms with van der Waals surface area (Å²) >= 11 is 0. The molecule has 0 radical (unpaired) electrons. The molecule has 6 rings (SSSR count). The number of aromatic carboxylic acids is 1. The molecule has 2 aliphatic heterocycles. The van der Waals surface area contributed by atoms with Crippen LogP contribution in [-0.2, 0) is 24.4 Å². The van der Waals surface area contributed by atoms with Crippen LogP contribution in [0.5, 0.6) is 11.6 Å². The molecular weight excluding hydrogens is 562 g/mol. The first-order valence-corrected chi connectivity index (χ1v) is 13.9. The number of benzene rings is 2. The average molecular weight is 591 g/mol. The maximum atomic E-state index is 14.8. The molecule has 11 nitrogen and oxygen atoms in total. The molecule has 2 aromatic carbocycles. The molecule has 43 heavy (non-hydrogen) atoms. The van der Waals surface area contributed by atoms with Crippen LogP contribution in [0.3, 0.4) is 0 Å². The lowest BCUT2D eigenvalue weighted by Crippen LogP contribution is -2.39. The molecule has 2 aromatic heterocycles. The Kier molecular flexibility index (Phi) is 8.13. The highest BCUT2D eigenvalue weighted by molar-refractivity contribution is 5.92. The smallest absolute Gasteiger partial charge is 0.335 e. The number of nitriles is 1. The molecule has 2 saturated heterocycles. The summed E-state index contributed by atoms with van der Waals surface area (Å²) in [5.74, 6) is -0.714. The number of rotatable bonds is 10. The van der Waals surface area contributed by atoms with Gasteiger partial charge in [-0.15, -0.1) is 0 Å². The standard InChI is InChI=1S/C30H28F2N6O5/c31-20-1-2-25(19(11-20)14-33)42-17-26-34-7-3-28(35-26)43-21-4-8-37(9-5-21)16-27-36-29-23(32)12-18(30(39)40)13-24(29)38(27)15-22-6-10-41-22/h1-3,7,11-13,21-22H,4-6,8-10,15-17H2,(H,39,40)/t22-/m0/s1. The van der Waals surface area contributed by atoms with E-state index in [4.69, 9.17) is 14.2 Å². The second-order valence-corrected chi connectivity index (χ2v) is 10.5. The van der Waals surface area contributed by atoms with Crippen LogP contribution in [0.25, 0.3) is 11.0 Å². The number of carboxylic acid groups (broad SMARTS) is 1. The maximum Gasteiger partial charge on any atom is 0.335 e. The summed E-state index contributed by atoms with van der Waals surface area (Å²) in [6.45, 7) is 3.02. The highest BCUT2D eigenvalue weighted by Gasteiger charge is 2.27. The predicted octanol–water partition coefficient (Wildman–Crippen LogP) is 4.09. The summed E-state index contributed by atoms with van der Waals surface area (Å²) in [6, 6.07) is 9.76. The van der Waals surface area contributed by atoms with Crippen molar-refractivity contribution >= 4 is 17.0 Å². The van der Waals surface area contributed by atoms with Gasteiger partial charge < -0.3 is 23.9 Å².